The maximum Gasteiger partial charge on any atom is 0.274 e. The van der Waals surface area contributed by atoms with Gasteiger partial charge in [-0.1, -0.05) is 24.6 Å². The molecule has 1 saturated carbocycles. The summed E-state index contributed by atoms with van der Waals surface area (Å²) in [6.07, 6.45) is 2.27. The van der Waals surface area contributed by atoms with Gasteiger partial charge in [-0.25, -0.2) is 0 Å². The standard InChI is InChI=1S/C27H34ClN5O3/c1-16-14-32(7-6-23(16)34)27(36)26-25-19-12-18(19)13-22(25)33(29-26)15-24(35)31-10-8-30(9-11-31)21-5-3-4-20(28)17(21)2/h3-5,16,18-19,23,34H,6-15H2,1-2H3/t16?,18-,19-,23?/m1/s1. The minimum Gasteiger partial charge on any atom is -0.393 e. The highest BCUT2D eigenvalue weighted by Crippen LogP contribution is 2.57. The number of rotatable bonds is 4. The largest absolute Gasteiger partial charge is 0.393 e. The molecule has 9 heteroatoms. The van der Waals surface area contributed by atoms with Gasteiger partial charge >= 0.3 is 0 Å². The molecule has 2 saturated heterocycles. The Bertz CT molecular complexity index is 1200. The lowest BCUT2D eigenvalue weighted by Crippen LogP contribution is -2.50. The average Bonchev–Trinajstić information content (AvgIpc) is 3.40. The van der Waals surface area contributed by atoms with Crippen LogP contribution in [0.4, 0.5) is 5.69 Å². The number of aliphatic hydroxyl groups excluding tert-OH is 1. The van der Waals surface area contributed by atoms with Crippen LogP contribution in [-0.2, 0) is 17.8 Å². The Labute approximate surface area is 216 Å². The molecule has 0 spiro atoms. The van der Waals surface area contributed by atoms with E-state index in [4.69, 9.17) is 16.7 Å². The maximum absolute atomic E-state index is 13.5. The zero-order valence-electron chi connectivity index (χ0n) is 21.0. The molecule has 2 amide bonds. The molecule has 1 aromatic heterocycles. The fourth-order valence-corrected chi connectivity index (χ4v) is 6.48. The monoisotopic (exact) mass is 511 g/mol. The van der Waals surface area contributed by atoms with E-state index in [0.29, 0.717) is 50.1 Å². The van der Waals surface area contributed by atoms with Crippen LogP contribution in [-0.4, -0.2) is 81.9 Å². The minimum absolute atomic E-state index is 0.0470. The zero-order chi connectivity index (χ0) is 25.1. The number of piperazine rings is 1. The number of amides is 2. The fraction of sp³-hybridized carbons (Fsp3) is 0.593. The molecule has 192 valence electrons. The van der Waals surface area contributed by atoms with Crippen molar-refractivity contribution in [3.05, 3.63) is 45.7 Å². The van der Waals surface area contributed by atoms with Gasteiger partial charge in [-0.15, -0.1) is 0 Å². The van der Waals surface area contributed by atoms with Gasteiger partial charge in [0.1, 0.15) is 6.54 Å². The first-order valence-corrected chi connectivity index (χ1v) is 13.5. The van der Waals surface area contributed by atoms with Gasteiger partial charge in [0.15, 0.2) is 5.69 Å². The number of hydrogen-bond donors (Lipinski definition) is 1. The summed E-state index contributed by atoms with van der Waals surface area (Å²) in [6.45, 7) is 8.12. The number of benzene rings is 1. The quantitative estimate of drug-likeness (QED) is 0.682. The molecule has 0 radical (unpaired) electrons. The molecule has 3 fully saturated rings. The summed E-state index contributed by atoms with van der Waals surface area (Å²) >= 11 is 6.31. The zero-order valence-corrected chi connectivity index (χ0v) is 21.7. The van der Waals surface area contributed by atoms with Crippen LogP contribution in [0, 0.1) is 18.8 Å². The number of halogens is 1. The molecule has 8 nitrogen and oxygen atoms in total. The summed E-state index contributed by atoms with van der Waals surface area (Å²) in [4.78, 5) is 32.8. The molecular formula is C27H34ClN5O3. The van der Waals surface area contributed by atoms with Gasteiger partial charge in [0.25, 0.3) is 5.91 Å². The van der Waals surface area contributed by atoms with Crippen molar-refractivity contribution in [2.75, 3.05) is 44.2 Å². The number of hydrogen-bond acceptors (Lipinski definition) is 5. The van der Waals surface area contributed by atoms with Crippen LogP contribution in [0.3, 0.4) is 0 Å². The Morgan fingerprint density at radius 2 is 1.92 bits per heavy atom. The van der Waals surface area contributed by atoms with Gasteiger partial charge in [0.05, 0.1) is 6.10 Å². The molecule has 2 aliphatic carbocycles. The highest BCUT2D eigenvalue weighted by Gasteiger charge is 2.50. The smallest absolute Gasteiger partial charge is 0.274 e. The van der Waals surface area contributed by atoms with E-state index in [-0.39, 0.29) is 30.4 Å². The van der Waals surface area contributed by atoms with E-state index in [1.54, 1.807) is 0 Å². The second-order valence-electron chi connectivity index (χ2n) is 11.0. The van der Waals surface area contributed by atoms with E-state index in [0.717, 1.165) is 53.5 Å². The summed E-state index contributed by atoms with van der Waals surface area (Å²) in [5.74, 6) is 1.08. The van der Waals surface area contributed by atoms with Gasteiger partial charge in [-0.2, -0.15) is 5.10 Å². The van der Waals surface area contributed by atoms with E-state index in [1.807, 2.05) is 40.5 Å². The predicted molar refractivity (Wildman–Crippen MR) is 137 cm³/mol. The first-order valence-electron chi connectivity index (χ1n) is 13.2. The number of carbonyl (C=O) groups is 2. The number of aliphatic hydroxyl groups is 1. The van der Waals surface area contributed by atoms with Gasteiger partial charge < -0.3 is 19.8 Å². The number of anilines is 1. The number of nitrogens with zero attached hydrogens (tertiary/aromatic N) is 5. The second kappa shape index (κ2) is 9.06. The van der Waals surface area contributed by atoms with E-state index < -0.39 is 0 Å². The van der Waals surface area contributed by atoms with Crippen LogP contribution in [0.1, 0.15) is 53.0 Å². The Kier molecular flexibility index (Phi) is 5.99. The van der Waals surface area contributed by atoms with Crippen LogP contribution in [0.25, 0.3) is 0 Å². The molecular weight excluding hydrogens is 478 g/mol. The SMILES string of the molecule is Cc1c(Cl)cccc1N1CCN(C(=O)Cn2nc(C(=O)N3CCC(O)C(C)C3)c3c2C[C@H]2C[C@@H]32)CC1. The van der Waals surface area contributed by atoms with Crippen LogP contribution in [0.2, 0.25) is 5.02 Å². The lowest BCUT2D eigenvalue weighted by Gasteiger charge is -2.37. The number of fused-ring (bicyclic) bond motifs is 3. The molecule has 6 rings (SSSR count). The molecule has 4 atom stereocenters. The summed E-state index contributed by atoms with van der Waals surface area (Å²) in [7, 11) is 0. The Morgan fingerprint density at radius 1 is 1.14 bits per heavy atom. The van der Waals surface area contributed by atoms with E-state index in [1.165, 1.54) is 0 Å². The minimum atomic E-state index is -0.356. The molecule has 2 aliphatic heterocycles. The van der Waals surface area contributed by atoms with Crippen molar-refractivity contribution in [1.82, 2.24) is 19.6 Å². The van der Waals surface area contributed by atoms with Crippen molar-refractivity contribution in [2.45, 2.75) is 51.7 Å². The normalized spacial score (nSPS) is 27.2. The number of piperidine rings is 1. The van der Waals surface area contributed by atoms with Crippen LogP contribution >= 0.6 is 11.6 Å². The molecule has 4 aliphatic rings. The van der Waals surface area contributed by atoms with Crippen molar-refractivity contribution in [3.63, 3.8) is 0 Å². The van der Waals surface area contributed by atoms with Crippen LogP contribution in [0.15, 0.2) is 18.2 Å². The first-order chi connectivity index (χ1) is 17.3. The molecule has 0 bridgehead atoms. The summed E-state index contributed by atoms with van der Waals surface area (Å²) in [5.41, 5.74) is 4.89. The second-order valence-corrected chi connectivity index (χ2v) is 11.4. The van der Waals surface area contributed by atoms with Crippen molar-refractivity contribution in [2.24, 2.45) is 11.8 Å². The first kappa shape index (κ1) is 23.8. The molecule has 2 unspecified atom stereocenters. The van der Waals surface area contributed by atoms with E-state index >= 15 is 0 Å². The lowest BCUT2D eigenvalue weighted by atomic mass is 9.96. The summed E-state index contributed by atoms with van der Waals surface area (Å²) in [6, 6.07) is 5.96. The van der Waals surface area contributed by atoms with Crippen molar-refractivity contribution < 1.29 is 14.7 Å². The van der Waals surface area contributed by atoms with Gasteiger partial charge in [0.2, 0.25) is 5.91 Å². The number of aromatic nitrogens is 2. The summed E-state index contributed by atoms with van der Waals surface area (Å²) < 4.78 is 1.81. The summed E-state index contributed by atoms with van der Waals surface area (Å²) in [5, 5.41) is 15.6. The number of carbonyl (C=O) groups excluding carboxylic acids is 2. The Hall–Kier alpha value is -2.58. The Morgan fingerprint density at radius 3 is 2.67 bits per heavy atom. The highest BCUT2D eigenvalue weighted by atomic mass is 35.5. The topological polar surface area (TPSA) is 81.9 Å². The third kappa shape index (κ3) is 4.08. The average molecular weight is 512 g/mol. The molecule has 1 N–H and O–H groups in total. The van der Waals surface area contributed by atoms with Crippen molar-refractivity contribution in [1.29, 1.82) is 0 Å². The van der Waals surface area contributed by atoms with Gasteiger partial charge in [0, 0.05) is 61.2 Å². The lowest BCUT2D eigenvalue weighted by molar-refractivity contribution is -0.132. The van der Waals surface area contributed by atoms with E-state index in [9.17, 15) is 14.7 Å². The van der Waals surface area contributed by atoms with Crippen molar-refractivity contribution >= 4 is 29.1 Å². The third-order valence-corrected chi connectivity index (χ3v) is 9.10. The number of likely N-dealkylation sites (tertiary alicyclic amines) is 1. The van der Waals surface area contributed by atoms with Crippen LogP contribution < -0.4 is 4.90 Å². The molecule has 3 heterocycles. The van der Waals surface area contributed by atoms with E-state index in [2.05, 4.69) is 11.0 Å². The van der Waals surface area contributed by atoms with Crippen LogP contribution in [0.5, 0.6) is 0 Å². The van der Waals surface area contributed by atoms with Crippen molar-refractivity contribution in [3.8, 4) is 0 Å². The molecule has 2 aromatic rings. The third-order valence-electron chi connectivity index (χ3n) is 8.69. The highest BCUT2D eigenvalue weighted by molar-refractivity contribution is 6.31. The Balaban J connectivity index is 1.15. The fourth-order valence-electron chi connectivity index (χ4n) is 6.31. The van der Waals surface area contributed by atoms with Gasteiger partial charge in [-0.3, -0.25) is 14.3 Å². The maximum atomic E-state index is 13.5. The predicted octanol–water partition coefficient (Wildman–Crippen LogP) is 2.70. The van der Waals surface area contributed by atoms with Gasteiger partial charge in [-0.05, 0) is 61.6 Å². The molecule has 36 heavy (non-hydrogen) atoms. The molecule has 1 aromatic carbocycles.